The number of carboxylic acids is 1. The normalized spacial score (nSPS) is 12.2. The Kier molecular flexibility index (Phi) is 5.28. The first-order valence-electron chi connectivity index (χ1n) is 5.60. The second kappa shape index (κ2) is 6.39. The summed E-state index contributed by atoms with van der Waals surface area (Å²) in [4.78, 5) is 10.6. The summed E-state index contributed by atoms with van der Waals surface area (Å²) in [6.07, 6.45) is 0.935. The lowest BCUT2D eigenvalue weighted by Gasteiger charge is -2.10. The maximum Gasteiger partial charge on any atom is 0.337 e. The molecule has 0 aliphatic heterocycles. The lowest BCUT2D eigenvalue weighted by atomic mass is 10.2. The highest BCUT2D eigenvalue weighted by Gasteiger charge is 2.22. The van der Waals surface area contributed by atoms with Gasteiger partial charge < -0.3 is 10.8 Å². The van der Waals surface area contributed by atoms with E-state index in [1.165, 1.54) is 6.07 Å². The molecule has 0 aromatic heterocycles. The van der Waals surface area contributed by atoms with Gasteiger partial charge in [0, 0.05) is 18.8 Å². The van der Waals surface area contributed by atoms with Gasteiger partial charge in [-0.3, -0.25) is 0 Å². The van der Waals surface area contributed by atoms with E-state index in [1.807, 2.05) is 0 Å². The molecule has 118 valence electrons. The molecule has 0 spiro atoms. The molecule has 0 bridgehead atoms. The third kappa shape index (κ3) is 5.30. The number of anilines is 1. The Morgan fingerprint density at radius 2 is 1.76 bits per heavy atom. The predicted octanol–water partition coefficient (Wildman–Crippen LogP) is -1.21. The highest BCUT2D eigenvalue weighted by molar-refractivity contribution is 7.89. The molecule has 0 saturated heterocycles. The monoisotopic (exact) mass is 337 g/mol. The summed E-state index contributed by atoms with van der Waals surface area (Å²) in [7, 11) is -7.52. The van der Waals surface area contributed by atoms with E-state index in [2.05, 4.69) is 9.44 Å². The van der Waals surface area contributed by atoms with E-state index in [4.69, 9.17) is 10.8 Å². The lowest BCUT2D eigenvalue weighted by molar-refractivity contribution is 0.0692. The molecule has 0 unspecified atom stereocenters. The molecule has 0 aliphatic rings. The lowest BCUT2D eigenvalue weighted by Crippen LogP contribution is -2.34. The van der Waals surface area contributed by atoms with Crippen molar-refractivity contribution < 1.29 is 26.7 Å². The maximum atomic E-state index is 12.0. The van der Waals surface area contributed by atoms with Gasteiger partial charge in [0.2, 0.25) is 20.0 Å². The van der Waals surface area contributed by atoms with E-state index >= 15 is 0 Å². The summed E-state index contributed by atoms with van der Waals surface area (Å²) in [6, 6.07) is 3.37. The molecule has 1 aromatic rings. The summed E-state index contributed by atoms with van der Waals surface area (Å²) in [5, 5.41) is 8.99. The SMILES string of the molecule is CS(=O)(=O)NCCNS(=O)(=O)c1ccc(N)cc1C(=O)O. The number of hydrogen-bond acceptors (Lipinski definition) is 6. The van der Waals surface area contributed by atoms with Gasteiger partial charge >= 0.3 is 5.97 Å². The Hall–Kier alpha value is -1.69. The van der Waals surface area contributed by atoms with Crippen molar-refractivity contribution in [1.82, 2.24) is 9.44 Å². The van der Waals surface area contributed by atoms with E-state index in [0.717, 1.165) is 18.4 Å². The fourth-order valence-corrected chi connectivity index (χ4v) is 3.13. The average Bonchev–Trinajstić information content (AvgIpc) is 2.33. The van der Waals surface area contributed by atoms with Crippen molar-refractivity contribution in [3.8, 4) is 0 Å². The molecule has 9 nitrogen and oxygen atoms in total. The molecule has 21 heavy (non-hydrogen) atoms. The third-order valence-corrected chi connectivity index (χ3v) is 4.55. The van der Waals surface area contributed by atoms with Crippen LogP contribution in [0.25, 0.3) is 0 Å². The van der Waals surface area contributed by atoms with Crippen molar-refractivity contribution in [2.24, 2.45) is 0 Å². The Morgan fingerprint density at radius 3 is 2.29 bits per heavy atom. The Bertz CT molecular complexity index is 742. The van der Waals surface area contributed by atoms with Crippen LogP contribution < -0.4 is 15.2 Å². The smallest absolute Gasteiger partial charge is 0.337 e. The van der Waals surface area contributed by atoms with Crippen LogP contribution in [-0.2, 0) is 20.0 Å². The Balaban J connectivity index is 2.91. The van der Waals surface area contributed by atoms with E-state index in [1.54, 1.807) is 0 Å². The number of benzene rings is 1. The number of sulfonamides is 2. The van der Waals surface area contributed by atoms with Gasteiger partial charge in [-0.15, -0.1) is 0 Å². The fourth-order valence-electron chi connectivity index (χ4n) is 1.45. The van der Waals surface area contributed by atoms with Crippen LogP contribution in [0.5, 0.6) is 0 Å². The second-order valence-electron chi connectivity index (χ2n) is 4.13. The predicted molar refractivity (Wildman–Crippen MR) is 75.8 cm³/mol. The molecular weight excluding hydrogens is 322 g/mol. The summed E-state index contributed by atoms with van der Waals surface area (Å²) < 4.78 is 49.9. The maximum absolute atomic E-state index is 12.0. The third-order valence-electron chi connectivity index (χ3n) is 2.30. The zero-order valence-corrected chi connectivity index (χ0v) is 12.7. The van der Waals surface area contributed by atoms with Crippen LogP contribution in [0.2, 0.25) is 0 Å². The number of carbonyl (C=O) groups is 1. The zero-order chi connectivity index (χ0) is 16.3. The number of hydrogen-bond donors (Lipinski definition) is 4. The minimum Gasteiger partial charge on any atom is -0.478 e. The molecule has 0 radical (unpaired) electrons. The molecule has 1 rings (SSSR count). The van der Waals surface area contributed by atoms with Gasteiger partial charge in [-0.2, -0.15) is 0 Å². The molecule has 0 atom stereocenters. The van der Waals surface area contributed by atoms with Crippen molar-refractivity contribution in [1.29, 1.82) is 0 Å². The molecule has 0 fully saturated rings. The summed E-state index contributed by atoms with van der Waals surface area (Å²) >= 11 is 0. The summed E-state index contributed by atoms with van der Waals surface area (Å²) in [5.41, 5.74) is 5.08. The van der Waals surface area contributed by atoms with Gasteiger partial charge in [0.15, 0.2) is 0 Å². The molecule has 0 heterocycles. The van der Waals surface area contributed by atoms with Crippen LogP contribution in [0.1, 0.15) is 10.4 Å². The fraction of sp³-hybridized carbons (Fsp3) is 0.300. The number of nitrogens with two attached hydrogens (primary N) is 1. The first kappa shape index (κ1) is 17.4. The van der Waals surface area contributed by atoms with Crippen LogP contribution in [-0.4, -0.2) is 47.3 Å². The van der Waals surface area contributed by atoms with Crippen molar-refractivity contribution in [2.45, 2.75) is 4.90 Å². The molecule has 0 aliphatic carbocycles. The van der Waals surface area contributed by atoms with E-state index in [9.17, 15) is 21.6 Å². The first-order valence-corrected chi connectivity index (χ1v) is 8.97. The number of nitrogen functional groups attached to an aromatic ring is 1. The summed E-state index contributed by atoms with van der Waals surface area (Å²) in [5.74, 6) is -1.43. The van der Waals surface area contributed by atoms with E-state index < -0.39 is 36.5 Å². The molecule has 1 aromatic carbocycles. The standard InChI is InChI=1S/C10H15N3O6S2/c1-20(16,17)12-4-5-13-21(18,19)9-3-2-7(11)6-8(9)10(14)15/h2-3,6,12-13H,4-5,11H2,1H3,(H,14,15). The second-order valence-corrected chi connectivity index (χ2v) is 7.69. The van der Waals surface area contributed by atoms with E-state index in [0.29, 0.717) is 0 Å². The Morgan fingerprint density at radius 1 is 1.19 bits per heavy atom. The van der Waals surface area contributed by atoms with Gasteiger partial charge in [-0.25, -0.2) is 31.1 Å². The molecular formula is C10H15N3O6S2. The van der Waals surface area contributed by atoms with Crippen LogP contribution in [0.3, 0.4) is 0 Å². The van der Waals surface area contributed by atoms with Gasteiger partial charge in [0.25, 0.3) is 0 Å². The minimum absolute atomic E-state index is 0.116. The van der Waals surface area contributed by atoms with Gasteiger partial charge in [0.05, 0.1) is 16.7 Å². The number of aromatic carboxylic acids is 1. The van der Waals surface area contributed by atoms with E-state index in [-0.39, 0.29) is 18.8 Å². The molecule has 11 heteroatoms. The number of carboxylic acid groups (broad SMARTS) is 1. The molecule has 0 amide bonds. The summed E-state index contributed by atoms with van der Waals surface area (Å²) in [6.45, 7) is -0.381. The van der Waals surface area contributed by atoms with Crippen LogP contribution in [0.4, 0.5) is 5.69 Å². The average molecular weight is 337 g/mol. The first-order chi connectivity index (χ1) is 9.53. The zero-order valence-electron chi connectivity index (χ0n) is 11.0. The highest BCUT2D eigenvalue weighted by Crippen LogP contribution is 2.18. The van der Waals surface area contributed by atoms with Crippen molar-refractivity contribution in [2.75, 3.05) is 25.1 Å². The van der Waals surface area contributed by atoms with Crippen molar-refractivity contribution in [3.63, 3.8) is 0 Å². The van der Waals surface area contributed by atoms with Crippen LogP contribution in [0, 0.1) is 0 Å². The molecule has 5 N–H and O–H groups in total. The van der Waals surface area contributed by atoms with Gasteiger partial charge in [-0.05, 0) is 18.2 Å². The van der Waals surface area contributed by atoms with Crippen molar-refractivity contribution in [3.05, 3.63) is 23.8 Å². The number of rotatable bonds is 7. The highest BCUT2D eigenvalue weighted by atomic mass is 32.2. The quantitative estimate of drug-likeness (QED) is 0.359. The molecule has 0 saturated carbocycles. The van der Waals surface area contributed by atoms with Gasteiger partial charge in [-0.1, -0.05) is 0 Å². The number of nitrogens with one attached hydrogen (secondary N) is 2. The van der Waals surface area contributed by atoms with Crippen molar-refractivity contribution >= 4 is 31.7 Å². The largest absolute Gasteiger partial charge is 0.478 e. The Labute approximate surface area is 122 Å². The topological polar surface area (TPSA) is 156 Å². The van der Waals surface area contributed by atoms with Crippen LogP contribution >= 0.6 is 0 Å². The van der Waals surface area contributed by atoms with Gasteiger partial charge in [0.1, 0.15) is 0 Å². The minimum atomic E-state index is -4.09. The van der Waals surface area contributed by atoms with Crippen LogP contribution in [0.15, 0.2) is 23.1 Å².